The van der Waals surface area contributed by atoms with Crippen LogP contribution in [0.2, 0.25) is 0 Å². The molecule has 1 N–H and O–H groups in total. The molecule has 1 aromatic heterocycles. The number of nitrogens with zero attached hydrogens (tertiary/aromatic N) is 4. The van der Waals surface area contributed by atoms with Gasteiger partial charge in [-0.3, -0.25) is 9.36 Å². The van der Waals surface area contributed by atoms with Crippen molar-refractivity contribution in [3.05, 3.63) is 35.6 Å². The van der Waals surface area contributed by atoms with Gasteiger partial charge in [-0.25, -0.2) is 4.39 Å². The number of carbonyl (C=O) groups excluding carboxylic acids is 1. The minimum Gasteiger partial charge on any atom is -0.355 e. The summed E-state index contributed by atoms with van der Waals surface area (Å²) in [5.74, 6) is 1.81. The van der Waals surface area contributed by atoms with Gasteiger partial charge in [-0.1, -0.05) is 30.8 Å². The SMILES string of the molecule is CC1CCN(c2nnc(SCC(=O)NCCc3ccc(F)cc3)n2C2CC2)CC1. The number of nitrogens with one attached hydrogen (secondary N) is 1. The highest BCUT2D eigenvalue weighted by atomic mass is 32.2. The van der Waals surface area contributed by atoms with Gasteiger partial charge in [0.15, 0.2) is 5.16 Å². The van der Waals surface area contributed by atoms with Gasteiger partial charge >= 0.3 is 0 Å². The molecule has 0 spiro atoms. The lowest BCUT2D eigenvalue weighted by atomic mass is 10.00. The lowest BCUT2D eigenvalue weighted by Crippen LogP contribution is -2.34. The molecule has 4 rings (SSSR count). The van der Waals surface area contributed by atoms with Gasteiger partial charge in [-0.15, -0.1) is 10.2 Å². The standard InChI is InChI=1S/C21H28FN5OS/c1-15-9-12-26(13-10-15)20-24-25-21(27(20)18-6-7-18)29-14-19(28)23-11-8-16-2-4-17(22)5-3-16/h2-5,15,18H,6-14H2,1H3,(H,23,28). The van der Waals surface area contributed by atoms with Crippen LogP contribution in [0.15, 0.2) is 29.4 Å². The number of hydrogen-bond donors (Lipinski definition) is 1. The van der Waals surface area contributed by atoms with Crippen molar-refractivity contribution in [2.75, 3.05) is 30.3 Å². The number of carbonyl (C=O) groups is 1. The zero-order chi connectivity index (χ0) is 20.2. The van der Waals surface area contributed by atoms with Gasteiger partial charge in [0.2, 0.25) is 11.9 Å². The molecular weight excluding hydrogens is 389 g/mol. The van der Waals surface area contributed by atoms with E-state index >= 15 is 0 Å². The Balaban J connectivity index is 1.29. The van der Waals surface area contributed by atoms with E-state index in [9.17, 15) is 9.18 Å². The topological polar surface area (TPSA) is 63.1 Å². The monoisotopic (exact) mass is 417 g/mol. The first-order valence-corrected chi connectivity index (χ1v) is 11.4. The van der Waals surface area contributed by atoms with E-state index in [0.717, 1.165) is 48.5 Å². The summed E-state index contributed by atoms with van der Waals surface area (Å²) >= 11 is 1.46. The Morgan fingerprint density at radius 3 is 2.59 bits per heavy atom. The van der Waals surface area contributed by atoms with Crippen LogP contribution in [-0.4, -0.2) is 46.1 Å². The van der Waals surface area contributed by atoms with E-state index in [4.69, 9.17) is 0 Å². The van der Waals surface area contributed by atoms with Crippen molar-refractivity contribution >= 4 is 23.6 Å². The summed E-state index contributed by atoms with van der Waals surface area (Å²) in [5.41, 5.74) is 1.01. The number of benzene rings is 1. The quantitative estimate of drug-likeness (QED) is 0.667. The number of halogens is 1. The summed E-state index contributed by atoms with van der Waals surface area (Å²) in [6.45, 7) is 4.90. The molecule has 0 unspecified atom stereocenters. The Labute approximate surface area is 175 Å². The highest BCUT2D eigenvalue weighted by Gasteiger charge is 2.32. The van der Waals surface area contributed by atoms with E-state index in [-0.39, 0.29) is 11.7 Å². The smallest absolute Gasteiger partial charge is 0.230 e. The molecule has 2 aliphatic rings. The van der Waals surface area contributed by atoms with Crippen LogP contribution in [0, 0.1) is 11.7 Å². The van der Waals surface area contributed by atoms with E-state index in [0.29, 0.717) is 24.8 Å². The minimum absolute atomic E-state index is 0.0178. The highest BCUT2D eigenvalue weighted by Crippen LogP contribution is 2.41. The molecule has 0 radical (unpaired) electrons. The summed E-state index contributed by atoms with van der Waals surface area (Å²) in [5, 5.41) is 12.6. The van der Waals surface area contributed by atoms with Gasteiger partial charge < -0.3 is 10.2 Å². The third-order valence-electron chi connectivity index (χ3n) is 5.61. The third kappa shape index (κ3) is 5.29. The lowest BCUT2D eigenvalue weighted by Gasteiger charge is -2.31. The van der Waals surface area contributed by atoms with Crippen molar-refractivity contribution in [1.29, 1.82) is 0 Å². The van der Waals surface area contributed by atoms with Gasteiger partial charge in [0, 0.05) is 25.7 Å². The van der Waals surface area contributed by atoms with Crippen LogP contribution >= 0.6 is 11.8 Å². The second-order valence-corrected chi connectivity index (χ2v) is 9.01. The van der Waals surface area contributed by atoms with Crippen LogP contribution in [0.4, 0.5) is 10.3 Å². The van der Waals surface area contributed by atoms with E-state index in [2.05, 4.69) is 31.9 Å². The average Bonchev–Trinajstić information content (AvgIpc) is 3.48. The van der Waals surface area contributed by atoms with Crippen molar-refractivity contribution in [2.24, 2.45) is 5.92 Å². The Morgan fingerprint density at radius 2 is 1.90 bits per heavy atom. The van der Waals surface area contributed by atoms with Gasteiger partial charge in [0.1, 0.15) is 5.82 Å². The molecule has 8 heteroatoms. The molecule has 1 aromatic carbocycles. The van der Waals surface area contributed by atoms with E-state index < -0.39 is 0 Å². The predicted molar refractivity (Wildman–Crippen MR) is 113 cm³/mol. The number of thioether (sulfide) groups is 1. The largest absolute Gasteiger partial charge is 0.355 e. The summed E-state index contributed by atoms with van der Waals surface area (Å²) in [4.78, 5) is 14.6. The molecule has 0 bridgehead atoms. The van der Waals surface area contributed by atoms with Crippen molar-refractivity contribution in [3.8, 4) is 0 Å². The van der Waals surface area contributed by atoms with Crippen LogP contribution < -0.4 is 10.2 Å². The fraction of sp³-hybridized carbons (Fsp3) is 0.571. The fourth-order valence-electron chi connectivity index (χ4n) is 3.62. The van der Waals surface area contributed by atoms with Gasteiger partial charge in [0.25, 0.3) is 0 Å². The zero-order valence-electron chi connectivity index (χ0n) is 16.8. The molecule has 1 aliphatic heterocycles. The molecule has 1 amide bonds. The summed E-state index contributed by atoms with van der Waals surface area (Å²) in [6.07, 6.45) is 5.39. The van der Waals surface area contributed by atoms with Crippen LogP contribution in [0.25, 0.3) is 0 Å². The Bertz CT molecular complexity index is 828. The zero-order valence-corrected chi connectivity index (χ0v) is 17.6. The molecule has 2 fully saturated rings. The van der Waals surface area contributed by atoms with Gasteiger partial charge in [-0.2, -0.15) is 0 Å². The molecule has 1 saturated carbocycles. The van der Waals surface area contributed by atoms with Crippen molar-refractivity contribution in [1.82, 2.24) is 20.1 Å². The average molecular weight is 418 g/mol. The summed E-state index contributed by atoms with van der Waals surface area (Å²) in [7, 11) is 0. The number of piperidine rings is 1. The predicted octanol–water partition coefficient (Wildman–Crippen LogP) is 3.44. The first-order chi connectivity index (χ1) is 14.1. The molecule has 1 aliphatic carbocycles. The fourth-order valence-corrected chi connectivity index (χ4v) is 4.45. The van der Waals surface area contributed by atoms with Gasteiger partial charge in [-0.05, 0) is 55.7 Å². The first-order valence-electron chi connectivity index (χ1n) is 10.4. The Hall–Kier alpha value is -2.09. The van der Waals surface area contributed by atoms with Crippen LogP contribution in [0.3, 0.4) is 0 Å². The molecule has 1 saturated heterocycles. The summed E-state index contributed by atoms with van der Waals surface area (Å²) < 4.78 is 15.2. The number of amides is 1. The van der Waals surface area contributed by atoms with Crippen LogP contribution in [0.1, 0.15) is 44.2 Å². The number of hydrogen-bond acceptors (Lipinski definition) is 5. The maximum Gasteiger partial charge on any atom is 0.230 e. The lowest BCUT2D eigenvalue weighted by molar-refractivity contribution is -0.118. The van der Waals surface area contributed by atoms with Crippen molar-refractivity contribution < 1.29 is 9.18 Å². The van der Waals surface area contributed by atoms with E-state index in [1.165, 1.54) is 36.7 Å². The molecule has 0 atom stereocenters. The van der Waals surface area contributed by atoms with Crippen molar-refractivity contribution in [3.63, 3.8) is 0 Å². The van der Waals surface area contributed by atoms with Crippen LogP contribution in [-0.2, 0) is 11.2 Å². The normalized spacial score (nSPS) is 17.5. The molecule has 6 nitrogen and oxygen atoms in total. The summed E-state index contributed by atoms with van der Waals surface area (Å²) in [6, 6.07) is 6.86. The molecular formula is C21H28FN5OS. The Morgan fingerprint density at radius 1 is 1.17 bits per heavy atom. The third-order valence-corrected chi connectivity index (χ3v) is 6.55. The molecule has 2 aromatic rings. The minimum atomic E-state index is -0.243. The number of anilines is 1. The number of aromatic nitrogens is 3. The first kappa shape index (κ1) is 20.2. The molecule has 156 valence electrons. The second-order valence-electron chi connectivity index (χ2n) is 8.07. The molecule has 2 heterocycles. The van der Waals surface area contributed by atoms with Crippen LogP contribution in [0.5, 0.6) is 0 Å². The maximum atomic E-state index is 12.9. The highest BCUT2D eigenvalue weighted by molar-refractivity contribution is 7.99. The van der Waals surface area contributed by atoms with Gasteiger partial charge in [0.05, 0.1) is 5.75 Å². The van der Waals surface area contributed by atoms with E-state index in [1.54, 1.807) is 12.1 Å². The van der Waals surface area contributed by atoms with E-state index in [1.807, 2.05) is 0 Å². The Kier molecular flexibility index (Phi) is 6.37. The van der Waals surface area contributed by atoms with Crippen molar-refractivity contribution in [2.45, 2.75) is 50.2 Å². The molecule has 29 heavy (non-hydrogen) atoms. The number of rotatable bonds is 8. The second kappa shape index (κ2) is 9.15. The maximum absolute atomic E-state index is 12.9.